The molecule has 0 fully saturated rings. The zero-order valence-corrected chi connectivity index (χ0v) is 11.7. The summed E-state index contributed by atoms with van der Waals surface area (Å²) in [6, 6.07) is 7.07. The maximum Gasteiger partial charge on any atom is 0.573 e. The highest BCUT2D eigenvalue weighted by Crippen LogP contribution is 2.27. The Labute approximate surface area is 121 Å². The molecule has 108 valence electrons. The summed E-state index contributed by atoms with van der Waals surface area (Å²) in [4.78, 5) is 0. The highest BCUT2D eigenvalue weighted by Gasteiger charge is 2.30. The third-order valence-corrected chi connectivity index (χ3v) is 3.30. The molecule has 3 nitrogen and oxygen atoms in total. The van der Waals surface area contributed by atoms with Gasteiger partial charge in [-0.25, -0.2) is 0 Å². The van der Waals surface area contributed by atoms with Gasteiger partial charge in [0.05, 0.1) is 6.26 Å². The van der Waals surface area contributed by atoms with E-state index in [1.807, 2.05) is 0 Å². The molecule has 0 amide bonds. The van der Waals surface area contributed by atoms with Gasteiger partial charge in [-0.05, 0) is 46.1 Å². The molecule has 1 heterocycles. The van der Waals surface area contributed by atoms with E-state index < -0.39 is 6.36 Å². The predicted octanol–water partition coefficient (Wildman–Crippen LogP) is 4.18. The molecule has 1 aromatic heterocycles. The van der Waals surface area contributed by atoms with Crippen molar-refractivity contribution in [2.45, 2.75) is 18.8 Å². The van der Waals surface area contributed by atoms with Crippen molar-refractivity contribution in [2.24, 2.45) is 5.73 Å². The van der Waals surface area contributed by atoms with Crippen LogP contribution in [0.4, 0.5) is 13.2 Å². The van der Waals surface area contributed by atoms with Crippen molar-refractivity contribution in [2.75, 3.05) is 0 Å². The Bertz CT molecular complexity index is 566. The SMILES string of the molecule is NC(Cc1ccc(OC(F)(F)F)cc1)c1ccoc1Br. The first-order valence-electron chi connectivity index (χ1n) is 5.68. The number of nitrogens with two attached hydrogens (primary N) is 1. The van der Waals surface area contributed by atoms with Crippen LogP contribution in [0, 0.1) is 0 Å². The van der Waals surface area contributed by atoms with Crippen molar-refractivity contribution in [1.82, 2.24) is 0 Å². The topological polar surface area (TPSA) is 48.4 Å². The van der Waals surface area contributed by atoms with Crippen molar-refractivity contribution in [1.29, 1.82) is 0 Å². The van der Waals surface area contributed by atoms with Crippen LogP contribution in [0.1, 0.15) is 17.2 Å². The monoisotopic (exact) mass is 349 g/mol. The second kappa shape index (κ2) is 5.88. The van der Waals surface area contributed by atoms with E-state index in [0.717, 1.165) is 11.1 Å². The number of furan rings is 1. The van der Waals surface area contributed by atoms with E-state index in [4.69, 9.17) is 10.2 Å². The van der Waals surface area contributed by atoms with E-state index in [1.165, 1.54) is 18.4 Å². The predicted molar refractivity (Wildman–Crippen MR) is 70.2 cm³/mol. The number of rotatable bonds is 4. The smallest absolute Gasteiger partial charge is 0.457 e. The molecule has 0 bridgehead atoms. The fourth-order valence-corrected chi connectivity index (χ4v) is 2.30. The highest BCUT2D eigenvalue weighted by molar-refractivity contribution is 9.10. The third kappa shape index (κ3) is 4.01. The Morgan fingerprint density at radius 2 is 1.85 bits per heavy atom. The number of alkyl halides is 3. The van der Waals surface area contributed by atoms with Crippen molar-refractivity contribution >= 4 is 15.9 Å². The second-order valence-corrected chi connectivity index (χ2v) is 4.87. The van der Waals surface area contributed by atoms with Gasteiger partial charge in [-0.15, -0.1) is 13.2 Å². The van der Waals surface area contributed by atoms with Crippen LogP contribution in [0.3, 0.4) is 0 Å². The molecule has 2 aromatic rings. The molecule has 0 spiro atoms. The molecule has 0 aliphatic rings. The zero-order valence-electron chi connectivity index (χ0n) is 10.2. The van der Waals surface area contributed by atoms with E-state index >= 15 is 0 Å². The fourth-order valence-electron chi connectivity index (χ4n) is 1.76. The first-order valence-corrected chi connectivity index (χ1v) is 6.47. The minimum Gasteiger partial charge on any atom is -0.457 e. The van der Waals surface area contributed by atoms with Gasteiger partial charge in [0, 0.05) is 11.6 Å². The lowest BCUT2D eigenvalue weighted by atomic mass is 10.0. The average molecular weight is 350 g/mol. The summed E-state index contributed by atoms with van der Waals surface area (Å²) in [6.07, 6.45) is -2.69. The van der Waals surface area contributed by atoms with Gasteiger partial charge in [0.1, 0.15) is 5.75 Å². The van der Waals surface area contributed by atoms with Crippen LogP contribution in [-0.2, 0) is 6.42 Å². The Hall–Kier alpha value is -1.47. The summed E-state index contributed by atoms with van der Waals surface area (Å²) in [5, 5.41) is 0. The Morgan fingerprint density at radius 3 is 2.35 bits per heavy atom. The maximum absolute atomic E-state index is 12.0. The Morgan fingerprint density at radius 1 is 1.20 bits per heavy atom. The lowest BCUT2D eigenvalue weighted by molar-refractivity contribution is -0.274. The number of hydrogen-bond donors (Lipinski definition) is 1. The second-order valence-electron chi connectivity index (χ2n) is 4.15. The normalized spacial score (nSPS) is 13.2. The molecular weight excluding hydrogens is 339 g/mol. The van der Waals surface area contributed by atoms with Crippen molar-refractivity contribution in [3.05, 3.63) is 52.4 Å². The van der Waals surface area contributed by atoms with E-state index in [9.17, 15) is 13.2 Å². The minimum atomic E-state index is -4.68. The van der Waals surface area contributed by atoms with Crippen LogP contribution >= 0.6 is 15.9 Å². The number of halogens is 4. The Balaban J connectivity index is 2.02. The molecule has 2 N–H and O–H groups in total. The first kappa shape index (κ1) is 14.9. The van der Waals surface area contributed by atoms with Crippen LogP contribution in [0.25, 0.3) is 0 Å². The number of hydrogen-bond acceptors (Lipinski definition) is 3. The quantitative estimate of drug-likeness (QED) is 0.900. The molecule has 1 aromatic carbocycles. The minimum absolute atomic E-state index is 0.251. The van der Waals surface area contributed by atoms with Crippen molar-refractivity contribution in [3.63, 3.8) is 0 Å². The largest absolute Gasteiger partial charge is 0.573 e. The first-order chi connectivity index (χ1) is 9.35. The molecule has 20 heavy (non-hydrogen) atoms. The van der Waals surface area contributed by atoms with E-state index in [-0.39, 0.29) is 11.8 Å². The van der Waals surface area contributed by atoms with Gasteiger partial charge in [0.15, 0.2) is 4.67 Å². The van der Waals surface area contributed by atoms with Crippen LogP contribution in [0.2, 0.25) is 0 Å². The average Bonchev–Trinajstić information content (AvgIpc) is 2.76. The number of ether oxygens (including phenoxy) is 1. The molecule has 1 unspecified atom stereocenters. The van der Waals surface area contributed by atoms with Crippen LogP contribution in [0.5, 0.6) is 5.75 Å². The third-order valence-electron chi connectivity index (χ3n) is 2.66. The van der Waals surface area contributed by atoms with Gasteiger partial charge in [-0.1, -0.05) is 12.1 Å². The van der Waals surface area contributed by atoms with Gasteiger partial charge in [-0.2, -0.15) is 0 Å². The summed E-state index contributed by atoms with van der Waals surface area (Å²) >= 11 is 3.23. The lowest BCUT2D eigenvalue weighted by Crippen LogP contribution is -2.17. The molecule has 0 saturated heterocycles. The fraction of sp³-hybridized carbons (Fsp3) is 0.231. The number of benzene rings is 1. The van der Waals surface area contributed by atoms with E-state index in [2.05, 4.69) is 20.7 Å². The summed E-state index contributed by atoms with van der Waals surface area (Å²) in [5.41, 5.74) is 7.62. The zero-order chi connectivity index (χ0) is 14.8. The van der Waals surface area contributed by atoms with Crippen LogP contribution < -0.4 is 10.5 Å². The lowest BCUT2D eigenvalue weighted by Gasteiger charge is -2.12. The molecule has 7 heteroatoms. The standard InChI is InChI=1S/C13H11BrF3NO2/c14-12-10(5-6-19-12)11(18)7-8-1-3-9(4-2-8)20-13(15,16)17/h1-6,11H,7,18H2. The van der Waals surface area contributed by atoms with E-state index in [0.29, 0.717) is 11.1 Å². The van der Waals surface area contributed by atoms with Gasteiger partial charge < -0.3 is 14.9 Å². The molecule has 0 aliphatic heterocycles. The Kier molecular flexibility index (Phi) is 4.39. The van der Waals surface area contributed by atoms with Gasteiger partial charge in [-0.3, -0.25) is 0 Å². The van der Waals surface area contributed by atoms with Gasteiger partial charge >= 0.3 is 6.36 Å². The summed E-state index contributed by atoms with van der Waals surface area (Å²) in [7, 11) is 0. The summed E-state index contributed by atoms with van der Waals surface area (Å²) in [6.45, 7) is 0. The van der Waals surface area contributed by atoms with Crippen LogP contribution in [-0.4, -0.2) is 6.36 Å². The summed E-state index contributed by atoms with van der Waals surface area (Å²) < 4.78 is 45.5. The molecule has 0 saturated carbocycles. The molecule has 0 aliphatic carbocycles. The van der Waals surface area contributed by atoms with Crippen molar-refractivity contribution in [3.8, 4) is 5.75 Å². The maximum atomic E-state index is 12.0. The van der Waals surface area contributed by atoms with Crippen molar-refractivity contribution < 1.29 is 22.3 Å². The molecule has 2 rings (SSSR count). The molecular formula is C13H11BrF3NO2. The summed E-state index contributed by atoms with van der Waals surface area (Å²) in [5.74, 6) is -0.251. The highest BCUT2D eigenvalue weighted by atomic mass is 79.9. The van der Waals surface area contributed by atoms with Crippen LogP contribution in [0.15, 0.2) is 45.7 Å². The molecule has 0 radical (unpaired) electrons. The van der Waals surface area contributed by atoms with Gasteiger partial charge in [0.25, 0.3) is 0 Å². The molecule has 1 atom stereocenters. The van der Waals surface area contributed by atoms with Gasteiger partial charge in [0.2, 0.25) is 0 Å². The van der Waals surface area contributed by atoms with E-state index in [1.54, 1.807) is 18.2 Å².